The van der Waals surface area contributed by atoms with Gasteiger partial charge in [0.2, 0.25) is 5.91 Å². The van der Waals surface area contributed by atoms with Gasteiger partial charge in [0.25, 0.3) is 0 Å². The number of aliphatic hydroxyl groups excluding tert-OH is 1. The summed E-state index contributed by atoms with van der Waals surface area (Å²) in [6, 6.07) is 0. The van der Waals surface area contributed by atoms with Gasteiger partial charge in [-0.25, -0.2) is 0 Å². The van der Waals surface area contributed by atoms with Crippen LogP contribution in [-0.2, 0) is 4.79 Å². The van der Waals surface area contributed by atoms with Crippen molar-refractivity contribution in [3.8, 4) is 0 Å². The number of rotatable bonds is 2. The lowest BCUT2D eigenvalue weighted by Gasteiger charge is -2.37. The Labute approximate surface area is 59.6 Å². The minimum atomic E-state index is -0.0234. The Morgan fingerprint density at radius 1 is 1.70 bits per heavy atom. The molecule has 0 unspecified atom stereocenters. The van der Waals surface area contributed by atoms with Gasteiger partial charge in [0, 0.05) is 25.6 Å². The average Bonchev–Trinajstić information content (AvgIpc) is 1.85. The van der Waals surface area contributed by atoms with E-state index in [0.29, 0.717) is 13.1 Å². The highest BCUT2D eigenvalue weighted by Gasteiger charge is 2.28. The second-order valence-corrected chi connectivity index (χ2v) is 2.55. The van der Waals surface area contributed by atoms with E-state index in [0.717, 1.165) is 0 Å². The van der Waals surface area contributed by atoms with Gasteiger partial charge < -0.3 is 15.7 Å². The lowest BCUT2D eigenvalue weighted by Crippen LogP contribution is -2.53. The van der Waals surface area contributed by atoms with E-state index in [4.69, 9.17) is 10.8 Å². The van der Waals surface area contributed by atoms with Crippen LogP contribution in [0.15, 0.2) is 0 Å². The number of nitrogens with zero attached hydrogens (tertiary/aromatic N) is 1. The Balaban J connectivity index is 2.19. The molecule has 3 N–H and O–H groups in total. The predicted molar refractivity (Wildman–Crippen MR) is 36.2 cm³/mol. The third-order valence-corrected chi connectivity index (χ3v) is 1.74. The zero-order valence-corrected chi connectivity index (χ0v) is 5.79. The fourth-order valence-corrected chi connectivity index (χ4v) is 1.02. The normalized spacial score (nSPS) is 18.8. The largest absolute Gasteiger partial charge is 0.396 e. The summed E-state index contributed by atoms with van der Waals surface area (Å²) in [5, 5.41) is 8.59. The maximum absolute atomic E-state index is 10.8. The first-order valence-corrected chi connectivity index (χ1v) is 3.36. The Hall–Kier alpha value is -0.610. The first-order valence-electron chi connectivity index (χ1n) is 3.36. The topological polar surface area (TPSA) is 66.6 Å². The highest BCUT2D eigenvalue weighted by molar-refractivity contribution is 5.78. The van der Waals surface area contributed by atoms with Crippen LogP contribution in [0.2, 0.25) is 0 Å². The van der Waals surface area contributed by atoms with Crippen LogP contribution in [0.25, 0.3) is 0 Å². The SMILES string of the molecule is NCC(=O)N1CC(CO)C1. The second-order valence-electron chi connectivity index (χ2n) is 2.55. The molecule has 0 bridgehead atoms. The monoisotopic (exact) mass is 144 g/mol. The van der Waals surface area contributed by atoms with Gasteiger partial charge in [-0.3, -0.25) is 4.79 Å². The molecule has 1 heterocycles. The number of aliphatic hydroxyl groups is 1. The van der Waals surface area contributed by atoms with Crippen molar-refractivity contribution in [2.24, 2.45) is 11.7 Å². The van der Waals surface area contributed by atoms with Crippen LogP contribution >= 0.6 is 0 Å². The van der Waals surface area contributed by atoms with E-state index >= 15 is 0 Å². The van der Waals surface area contributed by atoms with Gasteiger partial charge >= 0.3 is 0 Å². The van der Waals surface area contributed by atoms with Crippen molar-refractivity contribution in [3.63, 3.8) is 0 Å². The van der Waals surface area contributed by atoms with Gasteiger partial charge in [-0.2, -0.15) is 0 Å². The minimum Gasteiger partial charge on any atom is -0.396 e. The zero-order valence-electron chi connectivity index (χ0n) is 5.79. The van der Waals surface area contributed by atoms with Crippen molar-refractivity contribution in [1.82, 2.24) is 4.90 Å². The lowest BCUT2D eigenvalue weighted by atomic mass is 10.0. The molecule has 58 valence electrons. The van der Waals surface area contributed by atoms with E-state index in [1.54, 1.807) is 4.90 Å². The Kier molecular flexibility index (Phi) is 2.24. The van der Waals surface area contributed by atoms with Crippen LogP contribution in [0.1, 0.15) is 0 Å². The first-order chi connectivity index (χ1) is 4.77. The van der Waals surface area contributed by atoms with Crippen molar-refractivity contribution >= 4 is 5.91 Å². The molecule has 1 fully saturated rings. The van der Waals surface area contributed by atoms with E-state index in [2.05, 4.69) is 0 Å². The Morgan fingerprint density at radius 2 is 2.30 bits per heavy atom. The summed E-state index contributed by atoms with van der Waals surface area (Å²) in [6.07, 6.45) is 0. The molecule has 0 atom stereocenters. The Morgan fingerprint density at radius 3 is 2.70 bits per heavy atom. The molecule has 1 amide bonds. The summed E-state index contributed by atoms with van der Waals surface area (Å²) >= 11 is 0. The van der Waals surface area contributed by atoms with Gasteiger partial charge in [0.15, 0.2) is 0 Å². The summed E-state index contributed by atoms with van der Waals surface area (Å²) in [5.41, 5.74) is 5.12. The number of carbonyl (C=O) groups excluding carboxylic acids is 1. The van der Waals surface area contributed by atoms with Gasteiger partial charge in [0.1, 0.15) is 0 Å². The number of hydrogen-bond acceptors (Lipinski definition) is 3. The lowest BCUT2D eigenvalue weighted by molar-refractivity contribution is -0.136. The molecule has 0 spiro atoms. The average molecular weight is 144 g/mol. The number of likely N-dealkylation sites (tertiary alicyclic amines) is 1. The molecule has 4 heteroatoms. The number of carbonyl (C=O) groups is 1. The minimum absolute atomic E-state index is 0.0234. The summed E-state index contributed by atoms with van der Waals surface area (Å²) < 4.78 is 0. The van der Waals surface area contributed by atoms with Gasteiger partial charge in [-0.15, -0.1) is 0 Å². The van der Waals surface area contributed by atoms with E-state index in [1.807, 2.05) is 0 Å². The van der Waals surface area contributed by atoms with E-state index < -0.39 is 0 Å². The van der Waals surface area contributed by atoms with Crippen LogP contribution in [0.5, 0.6) is 0 Å². The van der Waals surface area contributed by atoms with E-state index in [9.17, 15) is 4.79 Å². The van der Waals surface area contributed by atoms with Crippen molar-refractivity contribution in [2.45, 2.75) is 0 Å². The number of amides is 1. The molecule has 1 saturated heterocycles. The van der Waals surface area contributed by atoms with Gasteiger partial charge in [-0.05, 0) is 0 Å². The molecule has 0 saturated carbocycles. The molecule has 10 heavy (non-hydrogen) atoms. The van der Waals surface area contributed by atoms with Crippen LogP contribution in [0.3, 0.4) is 0 Å². The highest BCUT2D eigenvalue weighted by Crippen LogP contribution is 2.13. The van der Waals surface area contributed by atoms with Crippen LogP contribution in [0.4, 0.5) is 0 Å². The molecule has 1 rings (SSSR count). The summed E-state index contributed by atoms with van der Waals surface area (Å²) in [5.74, 6) is 0.264. The van der Waals surface area contributed by atoms with E-state index in [-0.39, 0.29) is 25.0 Å². The van der Waals surface area contributed by atoms with Gasteiger partial charge in [-0.1, -0.05) is 0 Å². The van der Waals surface area contributed by atoms with E-state index in [1.165, 1.54) is 0 Å². The number of nitrogens with two attached hydrogens (primary N) is 1. The van der Waals surface area contributed by atoms with Crippen LogP contribution in [0, 0.1) is 5.92 Å². The molecule has 0 aromatic rings. The molecular formula is C6H12N2O2. The van der Waals surface area contributed by atoms with Crippen LogP contribution in [-0.4, -0.2) is 42.2 Å². The van der Waals surface area contributed by atoms with Crippen molar-refractivity contribution in [2.75, 3.05) is 26.2 Å². The maximum atomic E-state index is 10.8. The first kappa shape index (κ1) is 7.50. The molecule has 0 aliphatic carbocycles. The van der Waals surface area contributed by atoms with Crippen molar-refractivity contribution in [1.29, 1.82) is 0 Å². The van der Waals surface area contributed by atoms with Crippen molar-refractivity contribution < 1.29 is 9.90 Å². The van der Waals surface area contributed by atoms with Crippen molar-refractivity contribution in [3.05, 3.63) is 0 Å². The highest BCUT2D eigenvalue weighted by atomic mass is 16.3. The third kappa shape index (κ3) is 1.27. The molecule has 1 aliphatic rings. The maximum Gasteiger partial charge on any atom is 0.236 e. The molecule has 1 aliphatic heterocycles. The Bertz CT molecular complexity index is 132. The fourth-order valence-electron chi connectivity index (χ4n) is 1.02. The van der Waals surface area contributed by atoms with Crippen LogP contribution < -0.4 is 5.73 Å². The quantitative estimate of drug-likeness (QED) is 0.490. The fraction of sp³-hybridized carbons (Fsp3) is 0.833. The summed E-state index contributed by atoms with van der Waals surface area (Å²) in [4.78, 5) is 12.4. The predicted octanol–water partition coefficient (Wildman–Crippen LogP) is -1.60. The molecule has 4 nitrogen and oxygen atoms in total. The second kappa shape index (κ2) is 2.98. The number of hydrogen-bond donors (Lipinski definition) is 2. The smallest absolute Gasteiger partial charge is 0.236 e. The van der Waals surface area contributed by atoms with Gasteiger partial charge in [0.05, 0.1) is 6.54 Å². The molecule has 0 aromatic carbocycles. The third-order valence-electron chi connectivity index (χ3n) is 1.74. The molecule has 0 radical (unpaired) electrons. The molecule has 0 aromatic heterocycles. The zero-order chi connectivity index (χ0) is 7.56. The summed E-state index contributed by atoms with van der Waals surface area (Å²) in [6.45, 7) is 1.60. The standard InChI is InChI=1S/C6H12N2O2/c7-1-6(10)8-2-5(3-8)4-9/h5,9H,1-4,7H2. The summed E-state index contributed by atoms with van der Waals surface area (Å²) in [7, 11) is 0. The molecular weight excluding hydrogens is 132 g/mol.